The average molecular weight is 240 g/mol. The van der Waals surface area contributed by atoms with Crippen LogP contribution in [0.1, 0.15) is 10.6 Å². The van der Waals surface area contributed by atoms with E-state index in [9.17, 15) is 0 Å². The second-order valence-electron chi connectivity index (χ2n) is 3.19. The maximum absolute atomic E-state index is 5.64. The molecule has 0 fully saturated rings. The smallest absolute Gasteiger partial charge is 0.149 e. The van der Waals surface area contributed by atoms with Crippen LogP contribution in [-0.2, 0) is 6.42 Å². The van der Waals surface area contributed by atoms with E-state index in [1.807, 2.05) is 13.1 Å². The summed E-state index contributed by atoms with van der Waals surface area (Å²) in [6.07, 6.45) is 4.40. The number of aryl methyl sites for hydroxylation is 2. The van der Waals surface area contributed by atoms with Gasteiger partial charge in [-0.05, 0) is 18.6 Å². The summed E-state index contributed by atoms with van der Waals surface area (Å²) < 4.78 is 0. The van der Waals surface area contributed by atoms with Gasteiger partial charge in [0, 0.05) is 30.3 Å². The molecular weight excluding hydrogens is 230 g/mol. The van der Waals surface area contributed by atoms with Crippen LogP contribution in [0.5, 0.6) is 0 Å². The second-order valence-corrected chi connectivity index (χ2v) is 4.63. The molecule has 2 aromatic heterocycles. The van der Waals surface area contributed by atoms with Gasteiger partial charge in [-0.2, -0.15) is 0 Å². The lowest BCUT2D eigenvalue weighted by molar-refractivity contribution is 0.989. The highest BCUT2D eigenvalue weighted by Gasteiger charge is 2.06. The summed E-state index contributed by atoms with van der Waals surface area (Å²) in [5.41, 5.74) is 2.15. The van der Waals surface area contributed by atoms with Crippen LogP contribution in [0.3, 0.4) is 0 Å². The van der Waals surface area contributed by atoms with E-state index in [0.29, 0.717) is 5.88 Å². The van der Waals surface area contributed by atoms with Crippen molar-refractivity contribution in [2.75, 3.05) is 5.88 Å². The van der Waals surface area contributed by atoms with Crippen molar-refractivity contribution in [3.05, 3.63) is 29.0 Å². The number of rotatable bonds is 3. The first kappa shape index (κ1) is 10.5. The van der Waals surface area contributed by atoms with Gasteiger partial charge in [0.2, 0.25) is 0 Å². The van der Waals surface area contributed by atoms with Gasteiger partial charge in [0.1, 0.15) is 10.0 Å². The van der Waals surface area contributed by atoms with Gasteiger partial charge in [-0.25, -0.2) is 0 Å². The molecule has 2 heterocycles. The third-order valence-electron chi connectivity index (χ3n) is 1.90. The largest absolute Gasteiger partial charge is 0.264 e. The Morgan fingerprint density at radius 2 is 2.20 bits per heavy atom. The standard InChI is InChI=1S/C10H10ClN3S/c1-7-4-8(6-12-5-7)10-14-13-9(15-10)2-3-11/h4-6H,2-3H2,1H3. The molecule has 0 radical (unpaired) electrons. The second kappa shape index (κ2) is 4.68. The van der Waals surface area contributed by atoms with E-state index in [-0.39, 0.29) is 0 Å². The van der Waals surface area contributed by atoms with Gasteiger partial charge in [-0.1, -0.05) is 11.3 Å². The zero-order valence-corrected chi connectivity index (χ0v) is 9.85. The first-order chi connectivity index (χ1) is 7.29. The lowest BCUT2D eigenvalue weighted by Crippen LogP contribution is -1.83. The fourth-order valence-electron chi connectivity index (χ4n) is 1.22. The Morgan fingerprint density at radius 1 is 1.33 bits per heavy atom. The summed E-state index contributed by atoms with van der Waals surface area (Å²) in [5.74, 6) is 0.584. The van der Waals surface area contributed by atoms with E-state index in [1.165, 1.54) is 0 Å². The van der Waals surface area contributed by atoms with Crippen LogP contribution in [0.4, 0.5) is 0 Å². The number of alkyl halides is 1. The molecule has 0 saturated carbocycles. The van der Waals surface area contributed by atoms with Gasteiger partial charge in [0.15, 0.2) is 0 Å². The average Bonchev–Trinajstić information content (AvgIpc) is 2.67. The highest BCUT2D eigenvalue weighted by molar-refractivity contribution is 7.14. The van der Waals surface area contributed by atoms with Gasteiger partial charge in [-0.15, -0.1) is 21.8 Å². The molecule has 0 aliphatic carbocycles. The molecule has 0 N–H and O–H groups in total. The molecule has 5 heteroatoms. The third kappa shape index (κ3) is 2.52. The maximum Gasteiger partial charge on any atom is 0.149 e. The number of nitrogens with zero attached hydrogens (tertiary/aromatic N) is 3. The minimum absolute atomic E-state index is 0.584. The molecule has 0 atom stereocenters. The number of hydrogen-bond donors (Lipinski definition) is 0. The molecule has 0 aliphatic rings. The first-order valence-corrected chi connectivity index (χ1v) is 5.95. The van der Waals surface area contributed by atoms with Crippen molar-refractivity contribution in [2.24, 2.45) is 0 Å². The van der Waals surface area contributed by atoms with E-state index >= 15 is 0 Å². The molecule has 0 amide bonds. The van der Waals surface area contributed by atoms with Gasteiger partial charge < -0.3 is 0 Å². The van der Waals surface area contributed by atoms with E-state index in [1.54, 1.807) is 17.5 Å². The quantitative estimate of drug-likeness (QED) is 0.773. The van der Waals surface area contributed by atoms with Crippen molar-refractivity contribution in [2.45, 2.75) is 13.3 Å². The first-order valence-electron chi connectivity index (χ1n) is 4.60. The molecule has 0 saturated heterocycles. The van der Waals surface area contributed by atoms with Crippen LogP contribution in [0.25, 0.3) is 10.6 Å². The molecule has 0 spiro atoms. The summed E-state index contributed by atoms with van der Waals surface area (Å²) in [5, 5.41) is 10.1. The van der Waals surface area contributed by atoms with E-state index in [4.69, 9.17) is 11.6 Å². The van der Waals surface area contributed by atoms with Crippen LogP contribution in [0.15, 0.2) is 18.5 Å². The zero-order chi connectivity index (χ0) is 10.7. The zero-order valence-electron chi connectivity index (χ0n) is 8.27. The van der Waals surface area contributed by atoms with Crippen molar-refractivity contribution in [3.63, 3.8) is 0 Å². The Hall–Kier alpha value is -1.000. The van der Waals surface area contributed by atoms with Gasteiger partial charge in [0.05, 0.1) is 0 Å². The topological polar surface area (TPSA) is 38.7 Å². The molecule has 0 aromatic carbocycles. The van der Waals surface area contributed by atoms with Gasteiger partial charge >= 0.3 is 0 Å². The van der Waals surface area contributed by atoms with Crippen LogP contribution >= 0.6 is 22.9 Å². The molecule has 0 bridgehead atoms. The Balaban J connectivity index is 2.29. The van der Waals surface area contributed by atoms with E-state index in [0.717, 1.165) is 27.6 Å². The highest BCUT2D eigenvalue weighted by Crippen LogP contribution is 2.23. The van der Waals surface area contributed by atoms with Crippen LogP contribution in [0.2, 0.25) is 0 Å². The maximum atomic E-state index is 5.64. The summed E-state index contributed by atoms with van der Waals surface area (Å²) in [7, 11) is 0. The van der Waals surface area contributed by atoms with Crippen molar-refractivity contribution < 1.29 is 0 Å². The molecule has 0 unspecified atom stereocenters. The number of hydrogen-bond acceptors (Lipinski definition) is 4. The minimum atomic E-state index is 0.584. The minimum Gasteiger partial charge on any atom is -0.264 e. The molecule has 3 nitrogen and oxygen atoms in total. The molecule has 78 valence electrons. The van der Waals surface area contributed by atoms with E-state index in [2.05, 4.69) is 21.2 Å². The monoisotopic (exact) mass is 239 g/mol. The molecule has 15 heavy (non-hydrogen) atoms. The fraction of sp³-hybridized carbons (Fsp3) is 0.300. The lowest BCUT2D eigenvalue weighted by Gasteiger charge is -1.95. The van der Waals surface area contributed by atoms with Crippen molar-refractivity contribution >= 4 is 22.9 Å². The molecular formula is C10H10ClN3S. The predicted molar refractivity (Wildman–Crippen MR) is 62.3 cm³/mol. The molecule has 2 aromatic rings. The number of aromatic nitrogens is 3. The van der Waals surface area contributed by atoms with Crippen LogP contribution in [0, 0.1) is 6.92 Å². The Bertz CT molecular complexity index is 455. The van der Waals surface area contributed by atoms with Crippen molar-refractivity contribution in [1.82, 2.24) is 15.2 Å². The highest BCUT2D eigenvalue weighted by atomic mass is 35.5. The predicted octanol–water partition coefficient (Wildman–Crippen LogP) is 2.69. The number of pyridine rings is 1. The normalized spacial score (nSPS) is 10.5. The Morgan fingerprint density at radius 3 is 2.93 bits per heavy atom. The van der Waals surface area contributed by atoms with Crippen molar-refractivity contribution in [1.29, 1.82) is 0 Å². The molecule has 2 rings (SSSR count). The van der Waals surface area contributed by atoms with Crippen LogP contribution < -0.4 is 0 Å². The lowest BCUT2D eigenvalue weighted by atomic mass is 10.2. The Labute approximate surface area is 97.2 Å². The third-order valence-corrected chi connectivity index (χ3v) is 3.12. The van der Waals surface area contributed by atoms with Crippen LogP contribution in [-0.4, -0.2) is 21.1 Å². The number of halogens is 1. The molecule has 0 aliphatic heterocycles. The summed E-state index contributed by atoms with van der Waals surface area (Å²) in [6, 6.07) is 2.05. The van der Waals surface area contributed by atoms with Gasteiger partial charge in [0.25, 0.3) is 0 Å². The summed E-state index contributed by atoms with van der Waals surface area (Å²) in [6.45, 7) is 2.01. The van der Waals surface area contributed by atoms with Crippen molar-refractivity contribution in [3.8, 4) is 10.6 Å². The summed E-state index contributed by atoms with van der Waals surface area (Å²) in [4.78, 5) is 4.13. The SMILES string of the molecule is Cc1cncc(-c2nnc(CCCl)s2)c1. The van der Waals surface area contributed by atoms with E-state index < -0.39 is 0 Å². The summed E-state index contributed by atoms with van der Waals surface area (Å²) >= 11 is 7.22. The van der Waals surface area contributed by atoms with Gasteiger partial charge in [-0.3, -0.25) is 4.98 Å². The fourth-order valence-corrected chi connectivity index (χ4v) is 2.34. The Kier molecular flexibility index (Phi) is 3.28.